The Morgan fingerprint density at radius 1 is 1.14 bits per heavy atom. The normalized spacial score (nSPS) is 15.0. The summed E-state index contributed by atoms with van der Waals surface area (Å²) in [5.41, 5.74) is 3.57. The maximum atomic E-state index is 12.5. The monoisotopic (exact) mass is 395 g/mol. The molecule has 0 unspecified atom stereocenters. The molecule has 2 aromatic heterocycles. The first-order chi connectivity index (χ1) is 13.6. The first-order valence-electron chi connectivity index (χ1n) is 9.51. The largest absolute Gasteiger partial charge is 0.448 e. The highest BCUT2D eigenvalue weighted by Gasteiger charge is 2.26. The van der Waals surface area contributed by atoms with Crippen LogP contribution in [0.1, 0.15) is 52.1 Å². The summed E-state index contributed by atoms with van der Waals surface area (Å²) >= 11 is 6.28. The molecule has 1 fully saturated rings. The van der Waals surface area contributed by atoms with Crippen LogP contribution in [0, 0.1) is 6.92 Å². The Morgan fingerprint density at radius 2 is 1.93 bits per heavy atom. The molecule has 1 aliphatic heterocycles. The van der Waals surface area contributed by atoms with Crippen LogP contribution in [0.5, 0.6) is 0 Å². The molecular formula is C22H22ClN3O2. The number of oxazole rings is 1. The number of amides is 1. The van der Waals surface area contributed by atoms with Gasteiger partial charge >= 0.3 is 0 Å². The smallest absolute Gasteiger partial charge is 0.275 e. The van der Waals surface area contributed by atoms with E-state index in [1.54, 1.807) is 6.92 Å². The number of aryl methyl sites for hydroxylation is 1. The fraction of sp³-hybridized carbons (Fsp3) is 0.318. The SMILES string of the molecule is Cc1nc(C(=O)N2CCC(c3cccc(Cc4ccccc4Cl)n3)CC2)co1. The van der Waals surface area contributed by atoms with E-state index in [0.717, 1.165) is 41.2 Å². The molecule has 3 aromatic rings. The molecule has 5 nitrogen and oxygen atoms in total. The van der Waals surface area contributed by atoms with Crippen molar-refractivity contribution in [1.82, 2.24) is 14.9 Å². The minimum Gasteiger partial charge on any atom is -0.448 e. The van der Waals surface area contributed by atoms with E-state index >= 15 is 0 Å². The van der Waals surface area contributed by atoms with E-state index in [1.165, 1.54) is 6.26 Å². The van der Waals surface area contributed by atoms with Gasteiger partial charge in [-0.1, -0.05) is 35.9 Å². The summed E-state index contributed by atoms with van der Waals surface area (Å²) in [6, 6.07) is 14.1. The molecule has 0 spiro atoms. The van der Waals surface area contributed by atoms with E-state index in [2.05, 4.69) is 17.1 Å². The fourth-order valence-corrected chi connectivity index (χ4v) is 3.87. The summed E-state index contributed by atoms with van der Waals surface area (Å²) < 4.78 is 5.16. The van der Waals surface area contributed by atoms with Gasteiger partial charge in [0.2, 0.25) is 0 Å². The van der Waals surface area contributed by atoms with Crippen molar-refractivity contribution in [2.24, 2.45) is 0 Å². The Bertz CT molecular complexity index is 977. The van der Waals surface area contributed by atoms with Crippen LogP contribution in [-0.2, 0) is 6.42 Å². The maximum Gasteiger partial charge on any atom is 0.275 e. The van der Waals surface area contributed by atoms with Gasteiger partial charge in [0.1, 0.15) is 6.26 Å². The van der Waals surface area contributed by atoms with E-state index in [0.29, 0.717) is 30.6 Å². The van der Waals surface area contributed by atoms with Crippen molar-refractivity contribution in [1.29, 1.82) is 0 Å². The number of piperidine rings is 1. The minimum absolute atomic E-state index is 0.0595. The average molecular weight is 396 g/mol. The molecule has 0 saturated carbocycles. The Kier molecular flexibility index (Phi) is 5.44. The van der Waals surface area contributed by atoms with Crippen LogP contribution < -0.4 is 0 Å². The van der Waals surface area contributed by atoms with Gasteiger partial charge < -0.3 is 9.32 Å². The lowest BCUT2D eigenvalue weighted by atomic mass is 9.92. The van der Waals surface area contributed by atoms with E-state index in [-0.39, 0.29) is 5.91 Å². The molecule has 0 N–H and O–H groups in total. The number of pyridine rings is 1. The number of carbonyl (C=O) groups is 1. The van der Waals surface area contributed by atoms with Crippen molar-refractivity contribution < 1.29 is 9.21 Å². The van der Waals surface area contributed by atoms with Gasteiger partial charge in [0.25, 0.3) is 5.91 Å². The molecule has 0 radical (unpaired) electrons. The summed E-state index contributed by atoms with van der Waals surface area (Å²) in [6.45, 7) is 3.14. The molecule has 144 valence electrons. The quantitative estimate of drug-likeness (QED) is 0.645. The molecule has 1 aliphatic rings. The number of aromatic nitrogens is 2. The number of benzene rings is 1. The number of nitrogens with zero attached hydrogens (tertiary/aromatic N) is 3. The number of carbonyl (C=O) groups excluding carboxylic acids is 1. The van der Waals surface area contributed by atoms with E-state index in [9.17, 15) is 4.79 Å². The molecule has 3 heterocycles. The van der Waals surface area contributed by atoms with Crippen LogP contribution in [0.4, 0.5) is 0 Å². The molecule has 28 heavy (non-hydrogen) atoms. The number of hydrogen-bond donors (Lipinski definition) is 0. The van der Waals surface area contributed by atoms with E-state index in [1.807, 2.05) is 35.2 Å². The highest BCUT2D eigenvalue weighted by molar-refractivity contribution is 6.31. The number of rotatable bonds is 4. The van der Waals surface area contributed by atoms with Gasteiger partial charge in [-0.2, -0.15) is 0 Å². The highest BCUT2D eigenvalue weighted by atomic mass is 35.5. The molecule has 1 saturated heterocycles. The second kappa shape index (κ2) is 8.15. The van der Waals surface area contributed by atoms with Crippen molar-refractivity contribution in [2.45, 2.75) is 32.1 Å². The summed E-state index contributed by atoms with van der Waals surface area (Å²) in [7, 11) is 0. The topological polar surface area (TPSA) is 59.2 Å². The van der Waals surface area contributed by atoms with Crippen LogP contribution in [-0.4, -0.2) is 33.9 Å². The van der Waals surface area contributed by atoms with Gasteiger partial charge in [0.15, 0.2) is 11.6 Å². The van der Waals surface area contributed by atoms with Crippen molar-refractivity contribution in [3.05, 3.63) is 82.3 Å². The first kappa shape index (κ1) is 18.7. The predicted octanol–water partition coefficient (Wildman–Crippen LogP) is 4.64. The summed E-state index contributed by atoms with van der Waals surface area (Å²) in [5, 5.41) is 0.768. The second-order valence-corrected chi connectivity index (χ2v) is 7.55. The third-order valence-corrected chi connectivity index (χ3v) is 5.57. The van der Waals surface area contributed by atoms with Crippen molar-refractivity contribution in [2.75, 3.05) is 13.1 Å². The fourth-order valence-electron chi connectivity index (χ4n) is 3.66. The molecular weight excluding hydrogens is 374 g/mol. The number of hydrogen-bond acceptors (Lipinski definition) is 4. The summed E-state index contributed by atoms with van der Waals surface area (Å²) in [6.07, 6.45) is 3.94. The zero-order chi connectivity index (χ0) is 19.5. The van der Waals surface area contributed by atoms with Gasteiger partial charge in [0, 0.05) is 48.8 Å². The zero-order valence-corrected chi connectivity index (χ0v) is 16.5. The summed E-state index contributed by atoms with van der Waals surface area (Å²) in [5.74, 6) is 0.808. The van der Waals surface area contributed by atoms with Crippen LogP contribution in [0.3, 0.4) is 0 Å². The molecule has 1 amide bonds. The average Bonchev–Trinajstić information content (AvgIpc) is 3.16. The van der Waals surface area contributed by atoms with Crippen LogP contribution in [0.25, 0.3) is 0 Å². The minimum atomic E-state index is -0.0595. The van der Waals surface area contributed by atoms with Crippen molar-refractivity contribution in [3.63, 3.8) is 0 Å². The lowest BCUT2D eigenvalue weighted by molar-refractivity contribution is 0.0706. The third kappa shape index (κ3) is 4.09. The molecule has 0 atom stereocenters. The van der Waals surface area contributed by atoms with Crippen LogP contribution >= 0.6 is 11.6 Å². The molecule has 1 aromatic carbocycles. The Hall–Kier alpha value is -2.66. The lowest BCUT2D eigenvalue weighted by Crippen LogP contribution is -2.38. The van der Waals surface area contributed by atoms with E-state index in [4.69, 9.17) is 21.0 Å². The van der Waals surface area contributed by atoms with Crippen molar-refractivity contribution >= 4 is 17.5 Å². The molecule has 4 rings (SSSR count). The van der Waals surface area contributed by atoms with Gasteiger partial charge in [-0.05, 0) is 36.6 Å². The van der Waals surface area contributed by atoms with Gasteiger partial charge in [0.05, 0.1) is 0 Å². The Labute approximate surface area is 169 Å². The standard InChI is InChI=1S/C22H22ClN3O2/c1-15-24-21(14-28-15)22(27)26-11-9-16(10-12-26)20-8-4-6-18(25-20)13-17-5-2-3-7-19(17)23/h2-8,14,16H,9-13H2,1H3. The highest BCUT2D eigenvalue weighted by Crippen LogP contribution is 2.28. The number of likely N-dealkylation sites (tertiary alicyclic amines) is 1. The molecule has 0 bridgehead atoms. The van der Waals surface area contributed by atoms with Crippen LogP contribution in [0.15, 0.2) is 53.1 Å². The maximum absolute atomic E-state index is 12.5. The zero-order valence-electron chi connectivity index (χ0n) is 15.8. The molecule has 6 heteroatoms. The van der Waals surface area contributed by atoms with Gasteiger partial charge in [-0.25, -0.2) is 4.98 Å². The predicted molar refractivity (Wildman–Crippen MR) is 108 cm³/mol. The second-order valence-electron chi connectivity index (χ2n) is 7.14. The third-order valence-electron chi connectivity index (χ3n) is 5.20. The summed E-state index contributed by atoms with van der Waals surface area (Å²) in [4.78, 5) is 23.4. The van der Waals surface area contributed by atoms with Gasteiger partial charge in [-0.15, -0.1) is 0 Å². The number of halogens is 1. The van der Waals surface area contributed by atoms with E-state index < -0.39 is 0 Å². The first-order valence-corrected chi connectivity index (χ1v) is 9.88. The Morgan fingerprint density at radius 3 is 2.64 bits per heavy atom. The van der Waals surface area contributed by atoms with Crippen molar-refractivity contribution in [3.8, 4) is 0 Å². The molecule has 0 aliphatic carbocycles. The van der Waals surface area contributed by atoms with Gasteiger partial charge in [-0.3, -0.25) is 9.78 Å². The van der Waals surface area contributed by atoms with Crippen LogP contribution in [0.2, 0.25) is 5.02 Å². The lowest BCUT2D eigenvalue weighted by Gasteiger charge is -2.31. The Balaban J connectivity index is 1.41.